The van der Waals surface area contributed by atoms with E-state index in [-0.39, 0.29) is 12.5 Å². The van der Waals surface area contributed by atoms with Crippen LogP contribution in [0.3, 0.4) is 0 Å². The number of rotatable bonds is 2. The Morgan fingerprint density at radius 1 is 1.47 bits per heavy atom. The van der Waals surface area contributed by atoms with Gasteiger partial charge < -0.3 is 4.57 Å². The van der Waals surface area contributed by atoms with Crippen LogP contribution < -0.4 is 11.3 Å². The molecular weight excluding hydrogens is 190 g/mol. The van der Waals surface area contributed by atoms with E-state index in [1.165, 1.54) is 10.9 Å². The van der Waals surface area contributed by atoms with E-state index in [0.717, 1.165) is 5.52 Å². The minimum Gasteiger partial charge on any atom is -0.338 e. The predicted molar refractivity (Wildman–Crippen MR) is 59.0 cm³/mol. The van der Waals surface area contributed by atoms with Gasteiger partial charge in [0.1, 0.15) is 6.54 Å². The van der Waals surface area contributed by atoms with E-state index in [4.69, 9.17) is 5.84 Å². The lowest BCUT2D eigenvalue weighted by Gasteiger charge is -2.04. The number of hydrogen-bond acceptors (Lipinski definition) is 2. The molecule has 2 aromatic rings. The van der Waals surface area contributed by atoms with Crippen LogP contribution in [-0.4, -0.2) is 10.5 Å². The van der Waals surface area contributed by atoms with Gasteiger partial charge in [-0.25, -0.2) is 5.84 Å². The molecule has 1 amide bonds. The molecular formula is C11H13N3O. The Balaban J connectivity index is 2.45. The average Bonchev–Trinajstić information content (AvgIpc) is 2.63. The quantitative estimate of drug-likeness (QED) is 0.433. The maximum atomic E-state index is 11.2. The van der Waals surface area contributed by atoms with Gasteiger partial charge in [0.2, 0.25) is 0 Å². The third-order valence-electron chi connectivity index (χ3n) is 2.51. The summed E-state index contributed by atoms with van der Waals surface area (Å²) in [5, 5.41) is 1.17. The van der Waals surface area contributed by atoms with Gasteiger partial charge in [0.15, 0.2) is 0 Å². The average molecular weight is 203 g/mol. The Hall–Kier alpha value is -1.81. The molecule has 0 saturated heterocycles. The minimum atomic E-state index is -0.200. The number of hydrogen-bond donors (Lipinski definition) is 2. The highest BCUT2D eigenvalue weighted by Gasteiger charge is 2.05. The molecule has 3 N–H and O–H groups in total. The van der Waals surface area contributed by atoms with Gasteiger partial charge in [0.25, 0.3) is 5.91 Å². The van der Waals surface area contributed by atoms with E-state index in [1.54, 1.807) is 0 Å². The smallest absolute Gasteiger partial charge is 0.253 e. The largest absolute Gasteiger partial charge is 0.338 e. The molecule has 0 aliphatic carbocycles. The number of carbonyl (C=O) groups is 1. The Morgan fingerprint density at radius 2 is 2.27 bits per heavy atom. The summed E-state index contributed by atoms with van der Waals surface area (Å²) in [5.74, 6) is 4.85. The van der Waals surface area contributed by atoms with Crippen LogP contribution in [0.1, 0.15) is 5.56 Å². The fourth-order valence-electron chi connectivity index (χ4n) is 1.72. The van der Waals surface area contributed by atoms with Crippen LogP contribution in [0, 0.1) is 6.92 Å². The van der Waals surface area contributed by atoms with Crippen molar-refractivity contribution in [3.63, 3.8) is 0 Å². The summed E-state index contributed by atoms with van der Waals surface area (Å²) in [6, 6.07) is 8.03. The highest BCUT2D eigenvalue weighted by Crippen LogP contribution is 2.19. The standard InChI is InChI=1S/C11H13N3O/c1-8-3-2-4-10-9(8)5-6-14(10)7-11(15)13-12/h2-6H,7,12H2,1H3,(H,13,15). The highest BCUT2D eigenvalue weighted by atomic mass is 16.2. The van der Waals surface area contributed by atoms with Gasteiger partial charge in [-0.1, -0.05) is 12.1 Å². The van der Waals surface area contributed by atoms with Crippen molar-refractivity contribution in [3.05, 3.63) is 36.0 Å². The Morgan fingerprint density at radius 3 is 3.00 bits per heavy atom. The zero-order valence-corrected chi connectivity index (χ0v) is 8.53. The van der Waals surface area contributed by atoms with Gasteiger partial charge in [-0.3, -0.25) is 10.2 Å². The predicted octanol–water partition coefficient (Wildman–Crippen LogP) is 0.940. The lowest BCUT2D eigenvalue weighted by atomic mass is 10.1. The number of nitrogens with zero attached hydrogens (tertiary/aromatic N) is 1. The Bertz CT molecular complexity index is 502. The first-order chi connectivity index (χ1) is 7.22. The molecule has 78 valence electrons. The van der Waals surface area contributed by atoms with Crippen molar-refractivity contribution in [2.75, 3.05) is 0 Å². The lowest BCUT2D eigenvalue weighted by molar-refractivity contribution is -0.121. The second kappa shape index (κ2) is 3.74. The molecule has 0 aliphatic rings. The van der Waals surface area contributed by atoms with Crippen molar-refractivity contribution < 1.29 is 4.79 Å². The molecule has 0 unspecified atom stereocenters. The van der Waals surface area contributed by atoms with Crippen LogP contribution in [0.15, 0.2) is 30.5 Å². The number of amides is 1. The second-order valence-electron chi connectivity index (χ2n) is 3.52. The van der Waals surface area contributed by atoms with Crippen LogP contribution in [0.25, 0.3) is 10.9 Å². The Labute approximate surface area is 87.6 Å². The molecule has 0 atom stereocenters. The molecule has 0 spiro atoms. The summed E-state index contributed by atoms with van der Waals surface area (Å²) in [7, 11) is 0. The van der Waals surface area contributed by atoms with Crippen molar-refractivity contribution in [2.45, 2.75) is 13.5 Å². The number of aromatic nitrogens is 1. The van der Waals surface area contributed by atoms with Crippen molar-refractivity contribution in [3.8, 4) is 0 Å². The van der Waals surface area contributed by atoms with Gasteiger partial charge in [0.05, 0.1) is 0 Å². The topological polar surface area (TPSA) is 60.0 Å². The van der Waals surface area contributed by atoms with Crippen LogP contribution in [0.4, 0.5) is 0 Å². The van der Waals surface area contributed by atoms with Gasteiger partial charge in [-0.2, -0.15) is 0 Å². The molecule has 0 bridgehead atoms. The zero-order valence-electron chi connectivity index (χ0n) is 8.53. The number of benzene rings is 1. The molecule has 15 heavy (non-hydrogen) atoms. The van der Waals surface area contributed by atoms with Gasteiger partial charge in [-0.05, 0) is 24.6 Å². The normalized spacial score (nSPS) is 10.5. The fourth-order valence-corrected chi connectivity index (χ4v) is 1.72. The number of fused-ring (bicyclic) bond motifs is 1. The SMILES string of the molecule is Cc1cccc2c1ccn2CC(=O)NN. The monoisotopic (exact) mass is 203 g/mol. The van der Waals surface area contributed by atoms with E-state index in [0.29, 0.717) is 0 Å². The van der Waals surface area contributed by atoms with Crippen molar-refractivity contribution in [1.82, 2.24) is 9.99 Å². The summed E-state index contributed by atoms with van der Waals surface area (Å²) in [5.41, 5.74) is 4.38. The number of nitrogens with one attached hydrogen (secondary N) is 1. The van der Waals surface area contributed by atoms with Crippen LogP contribution in [-0.2, 0) is 11.3 Å². The lowest BCUT2D eigenvalue weighted by Crippen LogP contribution is -2.33. The minimum absolute atomic E-state index is 0.200. The molecule has 4 heteroatoms. The summed E-state index contributed by atoms with van der Waals surface area (Å²) in [6.07, 6.45) is 1.90. The number of carbonyl (C=O) groups excluding carboxylic acids is 1. The maximum absolute atomic E-state index is 11.2. The summed E-state index contributed by atoms with van der Waals surface area (Å²) < 4.78 is 1.88. The summed E-state index contributed by atoms with van der Waals surface area (Å²) in [4.78, 5) is 11.2. The van der Waals surface area contributed by atoms with Crippen LogP contribution in [0.2, 0.25) is 0 Å². The van der Waals surface area contributed by atoms with Crippen molar-refractivity contribution >= 4 is 16.8 Å². The molecule has 4 nitrogen and oxygen atoms in total. The summed E-state index contributed by atoms with van der Waals surface area (Å²) >= 11 is 0. The first-order valence-electron chi connectivity index (χ1n) is 4.76. The first kappa shape index (κ1) is 9.73. The molecule has 0 saturated carbocycles. The van der Waals surface area contributed by atoms with Crippen molar-refractivity contribution in [1.29, 1.82) is 0 Å². The molecule has 1 aromatic carbocycles. The van der Waals surface area contributed by atoms with Crippen molar-refractivity contribution in [2.24, 2.45) is 5.84 Å². The number of hydrazine groups is 1. The number of aryl methyl sites for hydroxylation is 1. The highest BCUT2D eigenvalue weighted by molar-refractivity contribution is 5.85. The third kappa shape index (κ3) is 1.71. The van der Waals surface area contributed by atoms with E-state index < -0.39 is 0 Å². The Kier molecular flexibility index (Phi) is 2.43. The van der Waals surface area contributed by atoms with Gasteiger partial charge in [0, 0.05) is 17.1 Å². The molecule has 1 aromatic heterocycles. The molecule has 0 radical (unpaired) electrons. The van der Waals surface area contributed by atoms with Gasteiger partial charge >= 0.3 is 0 Å². The fraction of sp³-hybridized carbons (Fsp3) is 0.182. The molecule has 0 fully saturated rings. The van der Waals surface area contributed by atoms with E-state index in [9.17, 15) is 4.79 Å². The second-order valence-corrected chi connectivity index (χ2v) is 3.52. The van der Waals surface area contributed by atoms with Gasteiger partial charge in [-0.15, -0.1) is 0 Å². The summed E-state index contributed by atoms with van der Waals surface area (Å²) in [6.45, 7) is 2.30. The number of nitrogens with two attached hydrogens (primary N) is 1. The van der Waals surface area contributed by atoms with E-state index >= 15 is 0 Å². The van der Waals surface area contributed by atoms with E-state index in [1.807, 2.05) is 29.0 Å². The van der Waals surface area contributed by atoms with E-state index in [2.05, 4.69) is 18.4 Å². The third-order valence-corrected chi connectivity index (χ3v) is 2.51. The van der Waals surface area contributed by atoms with Crippen LogP contribution in [0.5, 0.6) is 0 Å². The molecule has 2 rings (SSSR count). The molecule has 0 aliphatic heterocycles. The van der Waals surface area contributed by atoms with Crippen LogP contribution >= 0.6 is 0 Å². The molecule has 1 heterocycles. The zero-order chi connectivity index (χ0) is 10.8. The maximum Gasteiger partial charge on any atom is 0.253 e. The first-order valence-corrected chi connectivity index (χ1v) is 4.76.